The number of allylic oxidation sites excluding steroid dienone is 2. The smallest absolute Gasteiger partial charge is 0.308 e. The average molecular weight is 651 g/mol. The number of aliphatic hydroxyl groups is 2. The van der Waals surface area contributed by atoms with E-state index in [0.29, 0.717) is 19.3 Å². The number of esters is 2. The van der Waals surface area contributed by atoms with Gasteiger partial charge >= 0.3 is 11.9 Å². The Labute approximate surface area is 284 Å². The Bertz CT molecular complexity index is 675. The summed E-state index contributed by atoms with van der Waals surface area (Å²) in [6, 6.07) is 0. The van der Waals surface area contributed by atoms with E-state index < -0.39 is 6.29 Å². The summed E-state index contributed by atoms with van der Waals surface area (Å²) in [4.78, 5) is 24.7. The summed E-state index contributed by atoms with van der Waals surface area (Å²) < 4.78 is 11.0. The zero-order valence-corrected chi connectivity index (χ0v) is 30.4. The van der Waals surface area contributed by atoms with Gasteiger partial charge in [0.2, 0.25) is 6.29 Å². The first-order valence-electron chi connectivity index (χ1n) is 19.5. The van der Waals surface area contributed by atoms with Crippen molar-refractivity contribution in [2.75, 3.05) is 0 Å². The number of hydrogen-bond donors (Lipinski definition) is 2. The molecule has 0 aromatic heterocycles. The van der Waals surface area contributed by atoms with Crippen LogP contribution in [0.15, 0.2) is 24.3 Å². The number of ether oxygens (including phenoxy) is 2. The highest BCUT2D eigenvalue weighted by molar-refractivity contribution is 5.71. The molecule has 0 bridgehead atoms. The third-order valence-corrected chi connectivity index (χ3v) is 8.48. The molecule has 0 spiro atoms. The van der Waals surface area contributed by atoms with Gasteiger partial charge in [-0.25, -0.2) is 0 Å². The number of aliphatic hydroxyl groups excluding tert-OH is 2. The SMILES string of the molecule is CCCCCC[C@@H](O)C/C=C\CCCCCCCC(=O)OC(CCC)OC(=O)CCCCCCC/C=C\C[C@H](O)CCCCCC. The molecule has 0 aliphatic carbocycles. The van der Waals surface area contributed by atoms with Crippen molar-refractivity contribution < 1.29 is 29.3 Å². The number of rotatable bonds is 34. The van der Waals surface area contributed by atoms with Crippen LogP contribution in [0.3, 0.4) is 0 Å². The molecule has 0 aliphatic rings. The maximum Gasteiger partial charge on any atom is 0.308 e. The molecule has 6 heteroatoms. The lowest BCUT2D eigenvalue weighted by molar-refractivity contribution is -0.189. The van der Waals surface area contributed by atoms with Crippen molar-refractivity contribution in [3.05, 3.63) is 24.3 Å². The molecule has 46 heavy (non-hydrogen) atoms. The van der Waals surface area contributed by atoms with Crippen LogP contribution in [0.1, 0.15) is 201 Å². The second-order valence-corrected chi connectivity index (χ2v) is 13.2. The lowest BCUT2D eigenvalue weighted by atomic mass is 10.1. The molecule has 270 valence electrons. The molecule has 6 nitrogen and oxygen atoms in total. The monoisotopic (exact) mass is 651 g/mol. The Morgan fingerprint density at radius 3 is 1.28 bits per heavy atom. The Balaban J connectivity index is 3.79. The van der Waals surface area contributed by atoms with Gasteiger partial charge in [-0.2, -0.15) is 0 Å². The van der Waals surface area contributed by atoms with E-state index in [1.54, 1.807) is 0 Å². The van der Waals surface area contributed by atoms with Crippen molar-refractivity contribution in [3.8, 4) is 0 Å². The highest BCUT2D eigenvalue weighted by atomic mass is 16.7. The number of carbonyl (C=O) groups excluding carboxylic acids is 2. The zero-order valence-electron chi connectivity index (χ0n) is 30.4. The maximum absolute atomic E-state index is 12.3. The van der Waals surface area contributed by atoms with Gasteiger partial charge in [-0.3, -0.25) is 9.59 Å². The summed E-state index contributed by atoms with van der Waals surface area (Å²) in [6.45, 7) is 6.40. The predicted octanol–water partition coefficient (Wildman–Crippen LogP) is 11.2. The first-order chi connectivity index (χ1) is 22.4. The van der Waals surface area contributed by atoms with Gasteiger partial charge in [0.15, 0.2) is 0 Å². The van der Waals surface area contributed by atoms with Gasteiger partial charge in [0.1, 0.15) is 0 Å². The minimum atomic E-state index is -0.770. The molecule has 0 saturated heterocycles. The third-order valence-electron chi connectivity index (χ3n) is 8.48. The number of unbranched alkanes of at least 4 members (excludes halogenated alkanes) is 16. The van der Waals surface area contributed by atoms with Gasteiger partial charge in [-0.1, -0.05) is 135 Å². The summed E-state index contributed by atoms with van der Waals surface area (Å²) in [5.41, 5.74) is 0. The zero-order chi connectivity index (χ0) is 33.9. The van der Waals surface area contributed by atoms with Crippen LogP contribution in [-0.4, -0.2) is 40.6 Å². The Morgan fingerprint density at radius 2 is 0.870 bits per heavy atom. The lowest BCUT2D eigenvalue weighted by Crippen LogP contribution is -2.24. The molecule has 0 fully saturated rings. The minimum absolute atomic E-state index is 0.205. The van der Waals surface area contributed by atoms with E-state index in [9.17, 15) is 19.8 Å². The van der Waals surface area contributed by atoms with Crippen molar-refractivity contribution in [2.24, 2.45) is 0 Å². The maximum atomic E-state index is 12.3. The minimum Gasteiger partial charge on any atom is -0.425 e. The van der Waals surface area contributed by atoms with E-state index >= 15 is 0 Å². The second kappa shape index (κ2) is 34.7. The van der Waals surface area contributed by atoms with Crippen LogP contribution in [0.4, 0.5) is 0 Å². The topological polar surface area (TPSA) is 93.1 Å². The van der Waals surface area contributed by atoms with E-state index in [0.717, 1.165) is 122 Å². The summed E-state index contributed by atoms with van der Waals surface area (Å²) in [7, 11) is 0. The molecule has 2 N–H and O–H groups in total. The summed E-state index contributed by atoms with van der Waals surface area (Å²) in [5, 5.41) is 20.0. The average Bonchev–Trinajstić information content (AvgIpc) is 3.03. The van der Waals surface area contributed by atoms with Crippen LogP contribution >= 0.6 is 0 Å². The fourth-order valence-electron chi connectivity index (χ4n) is 5.50. The Hall–Kier alpha value is -1.66. The van der Waals surface area contributed by atoms with Crippen LogP contribution in [0.25, 0.3) is 0 Å². The first kappa shape index (κ1) is 44.3. The van der Waals surface area contributed by atoms with E-state index in [1.807, 2.05) is 6.92 Å². The first-order valence-corrected chi connectivity index (χ1v) is 19.5. The van der Waals surface area contributed by atoms with Crippen LogP contribution in [0, 0.1) is 0 Å². The molecule has 0 radical (unpaired) electrons. The molecule has 0 amide bonds. The van der Waals surface area contributed by atoms with Gasteiger partial charge in [0, 0.05) is 19.3 Å². The fourth-order valence-corrected chi connectivity index (χ4v) is 5.50. The molecular formula is C40H74O6. The van der Waals surface area contributed by atoms with Gasteiger partial charge < -0.3 is 19.7 Å². The molecule has 0 saturated carbocycles. The quantitative estimate of drug-likeness (QED) is 0.0311. The fraction of sp³-hybridized carbons (Fsp3) is 0.850. The highest BCUT2D eigenvalue weighted by Gasteiger charge is 2.18. The Kier molecular flexibility index (Phi) is 33.4. The van der Waals surface area contributed by atoms with E-state index in [1.165, 1.54) is 38.5 Å². The van der Waals surface area contributed by atoms with Crippen LogP contribution in [-0.2, 0) is 19.1 Å². The van der Waals surface area contributed by atoms with Crippen molar-refractivity contribution in [1.29, 1.82) is 0 Å². The number of hydrogen-bond acceptors (Lipinski definition) is 6. The molecule has 2 atom stereocenters. The van der Waals surface area contributed by atoms with E-state index in [2.05, 4.69) is 38.2 Å². The summed E-state index contributed by atoms with van der Waals surface area (Å²) >= 11 is 0. The van der Waals surface area contributed by atoms with Gasteiger partial charge in [-0.15, -0.1) is 0 Å². The van der Waals surface area contributed by atoms with Gasteiger partial charge in [0.25, 0.3) is 0 Å². The Morgan fingerprint density at radius 1 is 0.478 bits per heavy atom. The second-order valence-electron chi connectivity index (χ2n) is 13.2. The predicted molar refractivity (Wildman–Crippen MR) is 193 cm³/mol. The van der Waals surface area contributed by atoms with Crippen LogP contribution in [0.2, 0.25) is 0 Å². The summed E-state index contributed by atoms with van der Waals surface area (Å²) in [6.07, 6.45) is 34.8. The molecule has 0 aromatic rings. The van der Waals surface area contributed by atoms with E-state index in [-0.39, 0.29) is 24.1 Å². The van der Waals surface area contributed by atoms with Crippen LogP contribution in [0.5, 0.6) is 0 Å². The van der Waals surface area contributed by atoms with Crippen LogP contribution < -0.4 is 0 Å². The molecule has 0 aromatic carbocycles. The standard InChI is InChI=1S/C40H74O6/c1-4-7-9-23-30-36(41)32-25-19-15-11-13-17-21-27-34-38(43)45-40(29-6-3)46-39(44)35-28-22-18-14-12-16-20-26-33-37(42)31-24-10-8-5-2/h19-20,25-26,36-37,40-42H,4-18,21-24,27-35H2,1-3H3/b25-19-,26-20-/t36-,37-/m1/s1. The lowest BCUT2D eigenvalue weighted by Gasteiger charge is -2.18. The van der Waals surface area contributed by atoms with Crippen molar-refractivity contribution in [3.63, 3.8) is 0 Å². The van der Waals surface area contributed by atoms with Crippen molar-refractivity contribution in [1.82, 2.24) is 0 Å². The molecule has 0 aliphatic heterocycles. The molecular weight excluding hydrogens is 576 g/mol. The normalized spacial score (nSPS) is 13.2. The highest BCUT2D eigenvalue weighted by Crippen LogP contribution is 2.15. The van der Waals surface area contributed by atoms with Gasteiger partial charge in [-0.05, 0) is 70.6 Å². The molecule has 0 unspecified atom stereocenters. The third kappa shape index (κ3) is 32.3. The van der Waals surface area contributed by atoms with Gasteiger partial charge in [0.05, 0.1) is 12.2 Å². The summed E-state index contributed by atoms with van der Waals surface area (Å²) in [5.74, 6) is -0.559. The molecule has 0 heterocycles. The number of carbonyl (C=O) groups is 2. The van der Waals surface area contributed by atoms with E-state index in [4.69, 9.17) is 9.47 Å². The van der Waals surface area contributed by atoms with Crippen molar-refractivity contribution in [2.45, 2.75) is 219 Å². The van der Waals surface area contributed by atoms with Crippen molar-refractivity contribution >= 4 is 11.9 Å². The molecule has 0 rings (SSSR count). The largest absolute Gasteiger partial charge is 0.425 e.